The summed E-state index contributed by atoms with van der Waals surface area (Å²) in [4.78, 5) is 10.4. The third-order valence-electron chi connectivity index (χ3n) is 1.24. The molecule has 0 amide bonds. The number of hydrogen-bond donors (Lipinski definition) is 2. The van der Waals surface area contributed by atoms with E-state index >= 15 is 0 Å². The van der Waals surface area contributed by atoms with Gasteiger partial charge in [-0.05, 0) is 0 Å². The van der Waals surface area contributed by atoms with E-state index in [4.69, 9.17) is 10.8 Å². The highest BCUT2D eigenvalue weighted by atomic mass is 16.4. The molecule has 0 bridgehead atoms. The molecule has 0 fully saturated rings. The number of nitrogens with zero attached hydrogens (tertiary/aromatic N) is 2. The number of hydrogen-bond acceptors (Lipinski definition) is 3. The topological polar surface area (TPSA) is 81.1 Å². The van der Waals surface area contributed by atoms with Crippen LogP contribution in [0.2, 0.25) is 0 Å². The lowest BCUT2D eigenvalue weighted by Crippen LogP contribution is -2.02. The molecule has 5 heteroatoms. The highest BCUT2D eigenvalue weighted by Gasteiger charge is 2.11. The largest absolute Gasteiger partial charge is 0.477 e. The number of nitrogens with two attached hydrogens (primary N) is 1. The molecule has 0 aliphatic rings. The monoisotopic (exact) mass is 153 g/mol. The van der Waals surface area contributed by atoms with Gasteiger partial charge in [-0.3, -0.25) is 0 Å². The van der Waals surface area contributed by atoms with Gasteiger partial charge in [-0.1, -0.05) is 6.58 Å². The molecule has 0 aromatic carbocycles. The molecule has 0 unspecified atom stereocenters. The first-order valence-electron chi connectivity index (χ1n) is 2.85. The molecule has 5 nitrogen and oxygen atoms in total. The predicted molar refractivity (Wildman–Crippen MR) is 40.0 cm³/mol. The highest BCUT2D eigenvalue weighted by molar-refractivity contribution is 5.92. The van der Waals surface area contributed by atoms with Crippen LogP contribution in [0.15, 0.2) is 12.8 Å². The Kier molecular flexibility index (Phi) is 1.63. The van der Waals surface area contributed by atoms with Gasteiger partial charge >= 0.3 is 5.97 Å². The minimum atomic E-state index is -1.09. The van der Waals surface area contributed by atoms with E-state index in [1.165, 1.54) is 17.1 Å². The minimum Gasteiger partial charge on any atom is -0.477 e. The number of carbonyl (C=O) groups is 1. The van der Waals surface area contributed by atoms with Gasteiger partial charge < -0.3 is 10.8 Å². The molecule has 1 heterocycles. The fraction of sp³-hybridized carbons (Fsp3) is 0. The molecule has 0 saturated carbocycles. The Morgan fingerprint density at radius 1 is 1.91 bits per heavy atom. The normalized spacial score (nSPS) is 9.45. The quantitative estimate of drug-likeness (QED) is 0.638. The van der Waals surface area contributed by atoms with E-state index in [9.17, 15) is 4.79 Å². The first kappa shape index (κ1) is 7.33. The summed E-state index contributed by atoms with van der Waals surface area (Å²) in [5.74, 6) is -0.997. The van der Waals surface area contributed by atoms with Crippen molar-refractivity contribution in [3.05, 3.63) is 18.3 Å². The minimum absolute atomic E-state index is 0.00935. The molecule has 0 aliphatic carbocycles. The van der Waals surface area contributed by atoms with Crippen LogP contribution in [0, 0.1) is 0 Å². The number of nitrogen functional groups attached to an aromatic ring is 1. The van der Waals surface area contributed by atoms with E-state index in [2.05, 4.69) is 11.7 Å². The lowest BCUT2D eigenvalue weighted by Gasteiger charge is -1.93. The van der Waals surface area contributed by atoms with Crippen LogP contribution < -0.4 is 5.73 Å². The van der Waals surface area contributed by atoms with Crippen molar-refractivity contribution in [3.63, 3.8) is 0 Å². The molecule has 0 radical (unpaired) electrons. The Balaban J connectivity index is 3.20. The Morgan fingerprint density at radius 2 is 2.55 bits per heavy atom. The number of rotatable bonds is 2. The van der Waals surface area contributed by atoms with Gasteiger partial charge in [0.1, 0.15) is 11.4 Å². The Labute approximate surface area is 62.7 Å². The maximum Gasteiger partial charge on any atom is 0.341 e. The number of carboxylic acids is 1. The van der Waals surface area contributed by atoms with Crippen molar-refractivity contribution in [3.8, 4) is 0 Å². The van der Waals surface area contributed by atoms with Crippen molar-refractivity contribution < 1.29 is 9.90 Å². The number of carboxylic acid groups (broad SMARTS) is 1. The average molecular weight is 153 g/mol. The maximum absolute atomic E-state index is 10.4. The lowest BCUT2D eigenvalue weighted by molar-refractivity contribution is 0.0698. The Bertz CT molecular complexity index is 303. The zero-order valence-electron chi connectivity index (χ0n) is 5.69. The van der Waals surface area contributed by atoms with Gasteiger partial charge in [0.2, 0.25) is 0 Å². The molecule has 1 aromatic heterocycles. The molecule has 1 aromatic rings. The molecular formula is C6H7N3O2. The fourth-order valence-corrected chi connectivity index (χ4v) is 0.682. The second-order valence-electron chi connectivity index (χ2n) is 1.88. The van der Waals surface area contributed by atoms with Crippen molar-refractivity contribution in [2.24, 2.45) is 0 Å². The predicted octanol–water partition coefficient (Wildman–Crippen LogP) is 0.264. The molecule has 0 aliphatic heterocycles. The molecular weight excluding hydrogens is 146 g/mol. The number of anilines is 1. The van der Waals surface area contributed by atoms with Gasteiger partial charge in [0.25, 0.3) is 0 Å². The first-order chi connectivity index (χ1) is 5.16. The van der Waals surface area contributed by atoms with E-state index in [1.54, 1.807) is 0 Å². The van der Waals surface area contributed by atoms with Gasteiger partial charge in [-0.25, -0.2) is 9.48 Å². The van der Waals surface area contributed by atoms with Gasteiger partial charge in [0.05, 0.1) is 6.20 Å². The third kappa shape index (κ3) is 1.07. The van der Waals surface area contributed by atoms with Crippen LogP contribution in [0.3, 0.4) is 0 Å². The van der Waals surface area contributed by atoms with Gasteiger partial charge in [-0.15, -0.1) is 0 Å². The standard InChI is InChI=1S/C6H7N3O2/c1-2-9-5(7)4(3-8-9)6(10)11/h2-3H,1,7H2,(H,10,11). The SMILES string of the molecule is C=Cn1ncc(C(=O)O)c1N. The van der Waals surface area contributed by atoms with Crippen LogP contribution in [0.5, 0.6) is 0 Å². The van der Waals surface area contributed by atoms with Crippen molar-refractivity contribution in [2.75, 3.05) is 5.73 Å². The first-order valence-corrected chi connectivity index (χ1v) is 2.85. The van der Waals surface area contributed by atoms with Gasteiger partial charge in [0, 0.05) is 6.20 Å². The average Bonchev–Trinajstić information content (AvgIpc) is 2.30. The Hall–Kier alpha value is -1.78. The molecule has 11 heavy (non-hydrogen) atoms. The zero-order valence-corrected chi connectivity index (χ0v) is 5.69. The summed E-state index contributed by atoms with van der Waals surface area (Å²) in [6.45, 7) is 3.39. The summed E-state index contributed by atoms with van der Waals surface area (Å²) in [6.07, 6.45) is 2.51. The summed E-state index contributed by atoms with van der Waals surface area (Å²) < 4.78 is 1.20. The van der Waals surface area contributed by atoms with Crippen molar-refractivity contribution >= 4 is 18.0 Å². The summed E-state index contributed by atoms with van der Waals surface area (Å²) in [6, 6.07) is 0. The van der Waals surface area contributed by atoms with Crippen LogP contribution in [-0.2, 0) is 0 Å². The van der Waals surface area contributed by atoms with Crippen LogP contribution in [-0.4, -0.2) is 20.9 Å². The summed E-state index contributed by atoms with van der Waals surface area (Å²) in [5.41, 5.74) is 5.35. The van der Waals surface area contributed by atoms with Crippen molar-refractivity contribution in [1.82, 2.24) is 9.78 Å². The van der Waals surface area contributed by atoms with E-state index in [0.717, 1.165) is 0 Å². The van der Waals surface area contributed by atoms with Crippen LogP contribution in [0.25, 0.3) is 6.20 Å². The second kappa shape index (κ2) is 2.45. The van der Waals surface area contributed by atoms with Crippen molar-refractivity contribution in [2.45, 2.75) is 0 Å². The summed E-state index contributed by atoms with van der Waals surface area (Å²) in [5, 5.41) is 12.2. The van der Waals surface area contributed by atoms with Crippen LogP contribution in [0.1, 0.15) is 10.4 Å². The molecule has 58 valence electrons. The van der Waals surface area contributed by atoms with E-state index in [-0.39, 0.29) is 11.4 Å². The van der Waals surface area contributed by atoms with E-state index < -0.39 is 5.97 Å². The van der Waals surface area contributed by atoms with Crippen LogP contribution in [0.4, 0.5) is 5.82 Å². The fourth-order valence-electron chi connectivity index (χ4n) is 0.682. The summed E-state index contributed by atoms with van der Waals surface area (Å²) >= 11 is 0. The second-order valence-corrected chi connectivity index (χ2v) is 1.88. The zero-order chi connectivity index (χ0) is 8.43. The molecule has 0 saturated heterocycles. The summed E-state index contributed by atoms with van der Waals surface area (Å²) in [7, 11) is 0. The smallest absolute Gasteiger partial charge is 0.341 e. The van der Waals surface area contributed by atoms with E-state index in [1.807, 2.05) is 0 Å². The Morgan fingerprint density at radius 3 is 2.82 bits per heavy atom. The van der Waals surface area contributed by atoms with Gasteiger partial charge in [-0.2, -0.15) is 5.10 Å². The lowest BCUT2D eigenvalue weighted by atomic mass is 10.3. The molecule has 0 atom stereocenters. The molecule has 0 spiro atoms. The third-order valence-corrected chi connectivity index (χ3v) is 1.24. The molecule has 3 N–H and O–H groups in total. The highest BCUT2D eigenvalue weighted by Crippen LogP contribution is 2.09. The van der Waals surface area contributed by atoms with E-state index in [0.29, 0.717) is 0 Å². The van der Waals surface area contributed by atoms with Crippen molar-refractivity contribution in [1.29, 1.82) is 0 Å². The van der Waals surface area contributed by atoms with Gasteiger partial charge in [0.15, 0.2) is 0 Å². The number of aromatic nitrogens is 2. The van der Waals surface area contributed by atoms with Crippen LogP contribution >= 0.6 is 0 Å². The molecule has 1 rings (SSSR count). The maximum atomic E-state index is 10.4. The number of aromatic carboxylic acids is 1.